The van der Waals surface area contributed by atoms with Crippen molar-refractivity contribution < 1.29 is 4.79 Å². The first kappa shape index (κ1) is 20.8. The van der Waals surface area contributed by atoms with Gasteiger partial charge in [0.2, 0.25) is 0 Å². The van der Waals surface area contributed by atoms with E-state index in [0.717, 1.165) is 63.7 Å². The fourth-order valence-electron chi connectivity index (χ4n) is 3.56. The maximum Gasteiger partial charge on any atom is 0.264 e. The third kappa shape index (κ3) is 3.43. The summed E-state index contributed by atoms with van der Waals surface area (Å²) < 4.78 is 1.75. The summed E-state index contributed by atoms with van der Waals surface area (Å²) in [7, 11) is 3.96. The summed E-state index contributed by atoms with van der Waals surface area (Å²) in [6.45, 7) is 7.16. The standard InChI is InChI=1S/C19H22ClN5OS.CH4/c1-11-14-15(13-9-21-24(4)10-13)17(27-18(14)22-12(2)16(11)20)19(26)25-7-5-23(3)6-8-25;/h9-10H,5-8H2,1-4H3;1H4. The summed E-state index contributed by atoms with van der Waals surface area (Å²) in [4.78, 5) is 23.8. The lowest BCUT2D eigenvalue weighted by Gasteiger charge is -2.32. The van der Waals surface area contributed by atoms with Gasteiger partial charge in [-0.1, -0.05) is 19.0 Å². The maximum absolute atomic E-state index is 13.4. The second-order valence-corrected chi connectivity index (χ2v) is 8.50. The van der Waals surface area contributed by atoms with E-state index in [-0.39, 0.29) is 13.3 Å². The molecule has 0 atom stereocenters. The van der Waals surface area contributed by atoms with Gasteiger partial charge in [0.15, 0.2) is 0 Å². The van der Waals surface area contributed by atoms with Crippen molar-refractivity contribution in [3.05, 3.63) is 33.6 Å². The quantitative estimate of drug-likeness (QED) is 0.630. The highest BCUT2D eigenvalue weighted by Gasteiger charge is 2.28. The van der Waals surface area contributed by atoms with Crippen molar-refractivity contribution in [2.45, 2.75) is 21.3 Å². The monoisotopic (exact) mass is 419 g/mol. The topological polar surface area (TPSA) is 54.3 Å². The van der Waals surface area contributed by atoms with Gasteiger partial charge < -0.3 is 9.80 Å². The smallest absolute Gasteiger partial charge is 0.264 e. The number of pyridine rings is 1. The first-order valence-corrected chi connectivity index (χ1v) is 10.1. The van der Waals surface area contributed by atoms with E-state index in [1.807, 2.05) is 32.0 Å². The van der Waals surface area contributed by atoms with Gasteiger partial charge in [-0.2, -0.15) is 5.10 Å². The van der Waals surface area contributed by atoms with E-state index in [1.54, 1.807) is 10.9 Å². The average molecular weight is 420 g/mol. The van der Waals surface area contributed by atoms with Crippen LogP contribution in [-0.4, -0.2) is 63.7 Å². The van der Waals surface area contributed by atoms with Crippen molar-refractivity contribution in [3.63, 3.8) is 0 Å². The SMILES string of the molecule is C.Cc1nc2sc(C(=O)N3CCN(C)CC3)c(-c3cnn(C)c3)c2c(C)c1Cl. The first-order chi connectivity index (χ1) is 12.9. The molecule has 0 unspecified atom stereocenters. The van der Waals surface area contributed by atoms with Crippen LogP contribution in [0, 0.1) is 13.8 Å². The molecule has 0 spiro atoms. The van der Waals surface area contributed by atoms with E-state index < -0.39 is 0 Å². The van der Waals surface area contributed by atoms with Gasteiger partial charge in [-0.25, -0.2) is 4.98 Å². The predicted octanol–water partition coefficient (Wildman–Crippen LogP) is 3.99. The molecule has 0 aromatic carbocycles. The molecular weight excluding hydrogens is 394 g/mol. The van der Waals surface area contributed by atoms with Crippen molar-refractivity contribution in [3.8, 4) is 11.1 Å². The van der Waals surface area contributed by atoms with E-state index in [0.29, 0.717) is 5.02 Å². The summed E-state index contributed by atoms with van der Waals surface area (Å²) in [5.74, 6) is 0.0677. The zero-order valence-corrected chi connectivity index (χ0v) is 17.5. The fraction of sp³-hybridized carbons (Fsp3) is 0.450. The van der Waals surface area contributed by atoms with Crippen LogP contribution in [0.2, 0.25) is 5.02 Å². The van der Waals surface area contributed by atoms with Crippen LogP contribution >= 0.6 is 22.9 Å². The lowest BCUT2D eigenvalue weighted by molar-refractivity contribution is 0.0669. The molecule has 1 aliphatic rings. The molecule has 0 radical (unpaired) electrons. The van der Waals surface area contributed by atoms with E-state index in [2.05, 4.69) is 22.0 Å². The molecule has 3 aromatic heterocycles. The van der Waals surface area contributed by atoms with Crippen LogP contribution in [0.1, 0.15) is 28.4 Å². The summed E-state index contributed by atoms with van der Waals surface area (Å²) in [5, 5.41) is 5.92. The Hall–Kier alpha value is -1.96. The number of rotatable bonds is 2. The molecular formula is C20H26ClN5OS. The van der Waals surface area contributed by atoms with Crippen LogP contribution < -0.4 is 0 Å². The summed E-state index contributed by atoms with van der Waals surface area (Å²) >= 11 is 7.95. The van der Waals surface area contributed by atoms with Crippen molar-refractivity contribution in [2.75, 3.05) is 33.2 Å². The number of aromatic nitrogens is 3. The molecule has 1 fully saturated rings. The number of hydrogen-bond acceptors (Lipinski definition) is 5. The zero-order valence-electron chi connectivity index (χ0n) is 15.9. The average Bonchev–Trinajstić information content (AvgIpc) is 3.23. The molecule has 4 rings (SSSR count). The van der Waals surface area contributed by atoms with Crippen molar-refractivity contribution in [1.29, 1.82) is 0 Å². The number of amides is 1. The number of piperazine rings is 1. The number of carbonyl (C=O) groups is 1. The lowest BCUT2D eigenvalue weighted by Crippen LogP contribution is -2.47. The van der Waals surface area contributed by atoms with Crippen LogP contribution in [0.25, 0.3) is 21.3 Å². The van der Waals surface area contributed by atoms with E-state index in [4.69, 9.17) is 11.6 Å². The fourth-order valence-corrected chi connectivity index (χ4v) is 4.97. The molecule has 0 bridgehead atoms. The highest BCUT2D eigenvalue weighted by atomic mass is 35.5. The van der Waals surface area contributed by atoms with E-state index >= 15 is 0 Å². The van der Waals surface area contributed by atoms with Gasteiger partial charge >= 0.3 is 0 Å². The number of thiophene rings is 1. The normalized spacial score (nSPS) is 15.1. The summed E-state index contributed by atoms with van der Waals surface area (Å²) in [6.07, 6.45) is 3.74. The molecule has 28 heavy (non-hydrogen) atoms. The molecule has 8 heteroatoms. The molecule has 1 saturated heterocycles. The first-order valence-electron chi connectivity index (χ1n) is 8.93. The van der Waals surface area contributed by atoms with Gasteiger partial charge in [0.25, 0.3) is 5.91 Å². The molecule has 1 aliphatic heterocycles. The number of aryl methyl sites for hydroxylation is 3. The Labute approximate surface area is 174 Å². The van der Waals surface area contributed by atoms with Crippen LogP contribution in [0.5, 0.6) is 0 Å². The number of fused-ring (bicyclic) bond motifs is 1. The van der Waals surface area contributed by atoms with Crippen molar-refractivity contribution in [1.82, 2.24) is 24.6 Å². The molecule has 0 saturated carbocycles. The van der Waals surface area contributed by atoms with Crippen LogP contribution in [0.15, 0.2) is 12.4 Å². The Kier molecular flexibility index (Phi) is 5.79. The molecule has 150 valence electrons. The minimum atomic E-state index is 0. The van der Waals surface area contributed by atoms with Gasteiger partial charge in [0, 0.05) is 55.9 Å². The number of halogens is 1. The van der Waals surface area contributed by atoms with Crippen LogP contribution in [0.3, 0.4) is 0 Å². The lowest BCUT2D eigenvalue weighted by atomic mass is 10.0. The van der Waals surface area contributed by atoms with Gasteiger partial charge in [0.05, 0.1) is 16.9 Å². The van der Waals surface area contributed by atoms with E-state index in [1.165, 1.54) is 11.3 Å². The molecule has 3 aromatic rings. The zero-order chi connectivity index (χ0) is 19.3. The number of carbonyl (C=O) groups excluding carboxylic acids is 1. The maximum atomic E-state index is 13.4. The number of likely N-dealkylation sites (N-methyl/N-ethyl adjacent to an activating group) is 1. The van der Waals surface area contributed by atoms with Gasteiger partial charge in [-0.15, -0.1) is 11.3 Å². The summed E-state index contributed by atoms with van der Waals surface area (Å²) in [5.41, 5.74) is 3.58. The van der Waals surface area contributed by atoms with Crippen LogP contribution in [0.4, 0.5) is 0 Å². The highest BCUT2D eigenvalue weighted by molar-refractivity contribution is 7.21. The van der Waals surface area contributed by atoms with Gasteiger partial charge in [-0.05, 0) is 26.5 Å². The third-order valence-corrected chi connectivity index (χ3v) is 6.79. The Balaban J connectivity index is 0.00000225. The molecule has 4 heterocycles. The van der Waals surface area contributed by atoms with E-state index in [9.17, 15) is 4.79 Å². The molecule has 0 N–H and O–H groups in total. The largest absolute Gasteiger partial charge is 0.335 e. The summed E-state index contributed by atoms with van der Waals surface area (Å²) in [6, 6.07) is 0. The minimum Gasteiger partial charge on any atom is -0.335 e. The Morgan fingerprint density at radius 3 is 2.46 bits per heavy atom. The Bertz CT molecular complexity index is 1030. The van der Waals surface area contributed by atoms with Crippen molar-refractivity contribution in [2.24, 2.45) is 7.05 Å². The molecule has 6 nitrogen and oxygen atoms in total. The Morgan fingerprint density at radius 1 is 1.18 bits per heavy atom. The van der Waals surface area contributed by atoms with Gasteiger partial charge in [-0.3, -0.25) is 9.48 Å². The predicted molar refractivity (Wildman–Crippen MR) is 116 cm³/mol. The molecule has 0 aliphatic carbocycles. The van der Waals surface area contributed by atoms with Crippen molar-refractivity contribution >= 4 is 39.1 Å². The van der Waals surface area contributed by atoms with Gasteiger partial charge in [0.1, 0.15) is 9.71 Å². The number of nitrogens with zero attached hydrogens (tertiary/aromatic N) is 5. The minimum absolute atomic E-state index is 0. The Morgan fingerprint density at radius 2 is 1.86 bits per heavy atom. The molecule has 1 amide bonds. The highest BCUT2D eigenvalue weighted by Crippen LogP contribution is 2.42. The van der Waals surface area contributed by atoms with Crippen LogP contribution in [-0.2, 0) is 7.05 Å². The second kappa shape index (κ2) is 7.81. The second-order valence-electron chi connectivity index (χ2n) is 7.12. The number of hydrogen-bond donors (Lipinski definition) is 0. The third-order valence-electron chi connectivity index (χ3n) is 5.16.